The predicted octanol–water partition coefficient (Wildman–Crippen LogP) is 0.887. The molecule has 103 valence electrons. The van der Waals surface area contributed by atoms with Crippen molar-refractivity contribution in [3.63, 3.8) is 0 Å². The number of esters is 1. The van der Waals surface area contributed by atoms with E-state index in [1.54, 1.807) is 27.7 Å². The summed E-state index contributed by atoms with van der Waals surface area (Å²) >= 11 is 0. The van der Waals surface area contributed by atoms with Crippen molar-refractivity contribution in [1.82, 2.24) is 5.06 Å². The fourth-order valence-electron chi connectivity index (χ4n) is 2.99. The van der Waals surface area contributed by atoms with Crippen LogP contribution in [-0.4, -0.2) is 40.7 Å². The molecule has 7 heteroatoms. The average Bonchev–Trinajstić information content (AvgIpc) is 2.36. The first kappa shape index (κ1) is 14.8. The molecule has 0 spiro atoms. The summed E-state index contributed by atoms with van der Waals surface area (Å²) in [6.45, 7) is 6.05. The van der Waals surface area contributed by atoms with E-state index in [1.165, 1.54) is 7.11 Å². The highest BCUT2D eigenvalue weighted by Gasteiger charge is 2.63. The van der Waals surface area contributed by atoms with E-state index in [0.717, 1.165) is 5.06 Å². The lowest BCUT2D eigenvalue weighted by molar-refractivity contribution is -0.492. The van der Waals surface area contributed by atoms with Gasteiger partial charge in [0.1, 0.15) is 0 Å². The van der Waals surface area contributed by atoms with Crippen molar-refractivity contribution < 1.29 is 19.7 Å². The highest BCUT2D eigenvalue weighted by atomic mass is 16.6. The van der Waals surface area contributed by atoms with Crippen molar-refractivity contribution in [2.45, 2.75) is 38.8 Å². The zero-order chi connectivity index (χ0) is 14.3. The Morgan fingerprint density at radius 2 is 1.83 bits per heavy atom. The quantitative estimate of drug-likeness (QED) is 0.426. The van der Waals surface area contributed by atoms with Gasteiger partial charge in [-0.2, -0.15) is 0 Å². The molecule has 1 saturated heterocycles. The maximum Gasteiger partial charge on any atom is 0.311 e. The fourth-order valence-corrected chi connectivity index (χ4v) is 2.99. The minimum Gasteiger partial charge on any atom is -0.469 e. The lowest BCUT2D eigenvalue weighted by Gasteiger charge is -2.33. The van der Waals surface area contributed by atoms with E-state index >= 15 is 0 Å². The van der Waals surface area contributed by atoms with Crippen LogP contribution < -0.4 is 0 Å². The molecule has 0 aromatic heterocycles. The second-order valence-corrected chi connectivity index (χ2v) is 5.72. The standard InChI is InChI=1S/C11H19N2O5/c1-10(2)7(6-12(15)16)8(9(14)18-5)11(3,4)13(10)17/h7-8H,6H2,1-5H3/t7-,8-/m1/s1. The van der Waals surface area contributed by atoms with Crippen LogP contribution in [-0.2, 0) is 14.7 Å². The number of hydrogen-bond acceptors (Lipinski definition) is 5. The number of nitrogens with zero attached hydrogens (tertiary/aromatic N) is 2. The van der Waals surface area contributed by atoms with Crippen molar-refractivity contribution in [3.8, 4) is 0 Å². The molecule has 1 aliphatic rings. The van der Waals surface area contributed by atoms with Gasteiger partial charge < -0.3 is 4.74 Å². The van der Waals surface area contributed by atoms with Crippen LogP contribution in [0.1, 0.15) is 27.7 Å². The molecular formula is C11H19N2O5. The Kier molecular flexibility index (Phi) is 3.69. The Balaban J connectivity index is 3.23. The number of rotatable bonds is 3. The Morgan fingerprint density at radius 3 is 2.22 bits per heavy atom. The van der Waals surface area contributed by atoms with Gasteiger partial charge in [0.2, 0.25) is 6.54 Å². The minimum absolute atomic E-state index is 0.422. The van der Waals surface area contributed by atoms with Crippen LogP contribution in [0.15, 0.2) is 0 Å². The van der Waals surface area contributed by atoms with Crippen LogP contribution in [0.25, 0.3) is 0 Å². The van der Waals surface area contributed by atoms with Gasteiger partial charge in [-0.1, -0.05) is 0 Å². The first-order valence-corrected chi connectivity index (χ1v) is 5.74. The number of methoxy groups -OCH3 is 1. The van der Waals surface area contributed by atoms with Gasteiger partial charge >= 0.3 is 5.97 Å². The third-order valence-corrected chi connectivity index (χ3v) is 3.92. The Labute approximate surface area is 106 Å². The Hall–Kier alpha value is -1.21. The molecule has 0 aliphatic carbocycles. The van der Waals surface area contributed by atoms with Crippen molar-refractivity contribution in [1.29, 1.82) is 0 Å². The van der Waals surface area contributed by atoms with Gasteiger partial charge in [0.15, 0.2) is 0 Å². The first-order valence-electron chi connectivity index (χ1n) is 5.74. The molecule has 2 atom stereocenters. The summed E-state index contributed by atoms with van der Waals surface area (Å²) in [4.78, 5) is 22.1. The monoisotopic (exact) mass is 259 g/mol. The zero-order valence-electron chi connectivity index (χ0n) is 11.3. The van der Waals surface area contributed by atoms with Gasteiger partial charge in [0.25, 0.3) is 0 Å². The van der Waals surface area contributed by atoms with Crippen LogP contribution in [0, 0.1) is 22.0 Å². The molecule has 1 radical (unpaired) electrons. The molecule has 1 aliphatic heterocycles. The fraction of sp³-hybridized carbons (Fsp3) is 0.909. The summed E-state index contributed by atoms with van der Waals surface area (Å²) in [5.74, 6) is -2.05. The van der Waals surface area contributed by atoms with E-state index in [4.69, 9.17) is 4.74 Å². The summed E-state index contributed by atoms with van der Waals surface area (Å²) in [5, 5.41) is 23.8. The second-order valence-electron chi connectivity index (χ2n) is 5.72. The Morgan fingerprint density at radius 1 is 1.33 bits per heavy atom. The summed E-state index contributed by atoms with van der Waals surface area (Å²) in [5.41, 5.74) is -1.99. The van der Waals surface area contributed by atoms with Crippen LogP contribution in [0.4, 0.5) is 0 Å². The van der Waals surface area contributed by atoms with E-state index in [0.29, 0.717) is 0 Å². The van der Waals surface area contributed by atoms with Gasteiger partial charge in [-0.3, -0.25) is 14.9 Å². The lowest BCUT2D eigenvalue weighted by Crippen LogP contribution is -2.47. The van der Waals surface area contributed by atoms with Crippen LogP contribution >= 0.6 is 0 Å². The van der Waals surface area contributed by atoms with E-state index in [1.807, 2.05) is 0 Å². The van der Waals surface area contributed by atoms with E-state index in [2.05, 4.69) is 0 Å². The molecule has 18 heavy (non-hydrogen) atoms. The molecule has 1 heterocycles. The van der Waals surface area contributed by atoms with E-state index < -0.39 is 40.4 Å². The molecule has 1 rings (SSSR count). The van der Waals surface area contributed by atoms with Crippen LogP contribution in [0.3, 0.4) is 0 Å². The third kappa shape index (κ3) is 2.08. The highest BCUT2D eigenvalue weighted by molar-refractivity contribution is 5.75. The second kappa shape index (κ2) is 4.47. The molecule has 0 amide bonds. The van der Waals surface area contributed by atoms with Crippen LogP contribution in [0.5, 0.6) is 0 Å². The number of carbonyl (C=O) groups is 1. The van der Waals surface area contributed by atoms with E-state index in [9.17, 15) is 20.1 Å². The predicted molar refractivity (Wildman–Crippen MR) is 61.5 cm³/mol. The molecule has 1 fully saturated rings. The average molecular weight is 259 g/mol. The SMILES string of the molecule is COC(=O)[C@H]1[C@@H](C[N+](=O)[O-])C(C)(C)N([O])C1(C)C. The molecular weight excluding hydrogens is 240 g/mol. The van der Waals surface area contributed by atoms with Crippen molar-refractivity contribution in [2.24, 2.45) is 11.8 Å². The third-order valence-electron chi connectivity index (χ3n) is 3.92. The number of carbonyl (C=O) groups excluding carboxylic acids is 1. The number of hydrogen-bond donors (Lipinski definition) is 0. The molecule has 0 unspecified atom stereocenters. The molecule has 0 bridgehead atoms. The summed E-state index contributed by atoms with van der Waals surface area (Å²) in [6.07, 6.45) is 0. The number of ether oxygens (including phenoxy) is 1. The number of nitro groups is 1. The molecule has 7 nitrogen and oxygen atoms in total. The minimum atomic E-state index is -1.02. The molecule has 0 N–H and O–H groups in total. The van der Waals surface area contributed by atoms with Crippen molar-refractivity contribution in [3.05, 3.63) is 10.1 Å². The van der Waals surface area contributed by atoms with Gasteiger partial charge in [-0.25, -0.2) is 0 Å². The summed E-state index contributed by atoms with van der Waals surface area (Å²) in [7, 11) is 1.22. The van der Waals surface area contributed by atoms with Crippen molar-refractivity contribution in [2.75, 3.05) is 13.7 Å². The van der Waals surface area contributed by atoms with Gasteiger partial charge in [-0.05, 0) is 27.7 Å². The van der Waals surface area contributed by atoms with Gasteiger partial charge in [-0.15, -0.1) is 10.3 Å². The van der Waals surface area contributed by atoms with Gasteiger partial charge in [0.05, 0.1) is 30.0 Å². The maximum absolute atomic E-state index is 12.3. The van der Waals surface area contributed by atoms with Crippen molar-refractivity contribution >= 4 is 5.97 Å². The topological polar surface area (TPSA) is 92.6 Å². The molecule has 0 saturated carbocycles. The smallest absolute Gasteiger partial charge is 0.311 e. The lowest BCUT2D eigenvalue weighted by atomic mass is 9.77. The molecule has 0 aromatic rings. The summed E-state index contributed by atoms with van der Waals surface area (Å²) < 4.78 is 4.70. The zero-order valence-corrected chi connectivity index (χ0v) is 11.3. The normalized spacial score (nSPS) is 30.1. The first-order chi connectivity index (χ1) is 8.06. The largest absolute Gasteiger partial charge is 0.469 e. The van der Waals surface area contributed by atoms with Gasteiger partial charge in [0, 0.05) is 4.92 Å². The highest BCUT2D eigenvalue weighted by Crippen LogP contribution is 2.48. The summed E-state index contributed by atoms with van der Waals surface area (Å²) in [6, 6.07) is 0. The molecule has 0 aromatic carbocycles. The van der Waals surface area contributed by atoms with Crippen LogP contribution in [0.2, 0.25) is 0 Å². The van der Waals surface area contributed by atoms with E-state index in [-0.39, 0.29) is 0 Å². The number of hydroxylamine groups is 2. The maximum atomic E-state index is 12.3. The Bertz CT molecular complexity index is 366.